The Kier molecular flexibility index (Phi) is 3.39. The van der Waals surface area contributed by atoms with Crippen LogP contribution in [-0.2, 0) is 6.54 Å². The zero-order valence-corrected chi connectivity index (χ0v) is 9.90. The van der Waals surface area contributed by atoms with E-state index in [9.17, 15) is 0 Å². The summed E-state index contributed by atoms with van der Waals surface area (Å²) >= 11 is 0. The first-order chi connectivity index (χ1) is 7.86. The Balaban J connectivity index is 2.36. The van der Waals surface area contributed by atoms with E-state index in [1.54, 1.807) is 0 Å². The molecule has 0 spiro atoms. The SMILES string of the molecule is CCCCn1ncc2c(NCC)ccnc21. The third-order valence-electron chi connectivity index (χ3n) is 2.63. The van der Waals surface area contributed by atoms with E-state index < -0.39 is 0 Å². The second kappa shape index (κ2) is 4.96. The van der Waals surface area contributed by atoms with Gasteiger partial charge in [-0.1, -0.05) is 13.3 Å². The number of aromatic nitrogens is 3. The van der Waals surface area contributed by atoms with Crippen molar-refractivity contribution in [2.24, 2.45) is 0 Å². The minimum absolute atomic E-state index is 0.916. The van der Waals surface area contributed by atoms with Gasteiger partial charge in [-0.2, -0.15) is 5.10 Å². The lowest BCUT2D eigenvalue weighted by Crippen LogP contribution is -2.01. The molecule has 0 fully saturated rings. The molecule has 0 aromatic carbocycles. The maximum Gasteiger partial charge on any atom is 0.159 e. The van der Waals surface area contributed by atoms with Crippen LogP contribution in [0.15, 0.2) is 18.5 Å². The third-order valence-corrected chi connectivity index (χ3v) is 2.63. The largest absolute Gasteiger partial charge is 0.385 e. The molecule has 0 bridgehead atoms. The molecule has 16 heavy (non-hydrogen) atoms. The molecule has 2 aromatic rings. The monoisotopic (exact) mass is 218 g/mol. The highest BCUT2D eigenvalue weighted by Gasteiger charge is 2.06. The summed E-state index contributed by atoms with van der Waals surface area (Å²) in [4.78, 5) is 4.40. The summed E-state index contributed by atoms with van der Waals surface area (Å²) < 4.78 is 1.99. The van der Waals surface area contributed by atoms with Crippen molar-refractivity contribution in [3.63, 3.8) is 0 Å². The highest BCUT2D eigenvalue weighted by molar-refractivity contribution is 5.88. The predicted molar refractivity (Wildman–Crippen MR) is 66.6 cm³/mol. The number of pyridine rings is 1. The highest BCUT2D eigenvalue weighted by atomic mass is 15.3. The van der Waals surface area contributed by atoms with Gasteiger partial charge in [0.25, 0.3) is 0 Å². The first kappa shape index (κ1) is 10.9. The van der Waals surface area contributed by atoms with E-state index in [1.807, 2.05) is 23.1 Å². The Hall–Kier alpha value is -1.58. The smallest absolute Gasteiger partial charge is 0.159 e. The van der Waals surface area contributed by atoms with Crippen LogP contribution in [-0.4, -0.2) is 21.3 Å². The van der Waals surface area contributed by atoms with Gasteiger partial charge in [0.15, 0.2) is 5.65 Å². The molecular formula is C12H18N4. The topological polar surface area (TPSA) is 42.7 Å². The van der Waals surface area contributed by atoms with Crippen molar-refractivity contribution < 1.29 is 0 Å². The Morgan fingerprint density at radius 2 is 2.25 bits per heavy atom. The van der Waals surface area contributed by atoms with Gasteiger partial charge < -0.3 is 5.32 Å². The number of fused-ring (bicyclic) bond motifs is 1. The molecule has 4 heteroatoms. The van der Waals surface area contributed by atoms with E-state index in [0.29, 0.717) is 0 Å². The van der Waals surface area contributed by atoms with Crippen LogP contribution in [0.1, 0.15) is 26.7 Å². The molecule has 0 saturated carbocycles. The lowest BCUT2D eigenvalue weighted by molar-refractivity contribution is 0.584. The molecule has 0 atom stereocenters. The summed E-state index contributed by atoms with van der Waals surface area (Å²) in [6, 6.07) is 2.00. The van der Waals surface area contributed by atoms with Crippen molar-refractivity contribution in [3.8, 4) is 0 Å². The van der Waals surface area contributed by atoms with E-state index in [2.05, 4.69) is 29.2 Å². The van der Waals surface area contributed by atoms with Crippen molar-refractivity contribution >= 4 is 16.7 Å². The molecule has 0 aliphatic rings. The Morgan fingerprint density at radius 3 is 3.00 bits per heavy atom. The molecule has 4 nitrogen and oxygen atoms in total. The third kappa shape index (κ3) is 2.01. The molecule has 2 aromatic heterocycles. The zero-order chi connectivity index (χ0) is 11.4. The number of rotatable bonds is 5. The van der Waals surface area contributed by atoms with Crippen molar-refractivity contribution in [1.29, 1.82) is 0 Å². The average Bonchev–Trinajstić information content (AvgIpc) is 2.71. The van der Waals surface area contributed by atoms with Crippen LogP contribution in [0, 0.1) is 0 Å². The van der Waals surface area contributed by atoms with Gasteiger partial charge in [0.05, 0.1) is 11.6 Å². The van der Waals surface area contributed by atoms with E-state index in [0.717, 1.165) is 36.2 Å². The number of unbranched alkanes of at least 4 members (excludes halogenated alkanes) is 1. The fourth-order valence-corrected chi connectivity index (χ4v) is 1.79. The summed E-state index contributed by atoms with van der Waals surface area (Å²) in [5.41, 5.74) is 2.10. The Bertz CT molecular complexity index is 461. The summed E-state index contributed by atoms with van der Waals surface area (Å²) in [6.07, 6.45) is 6.05. The van der Waals surface area contributed by atoms with E-state index in [1.165, 1.54) is 6.42 Å². The van der Waals surface area contributed by atoms with Crippen molar-refractivity contribution in [2.75, 3.05) is 11.9 Å². The number of hydrogen-bond donors (Lipinski definition) is 1. The number of nitrogens with zero attached hydrogens (tertiary/aromatic N) is 3. The normalized spacial score (nSPS) is 10.9. The van der Waals surface area contributed by atoms with Crippen LogP contribution in [0.25, 0.3) is 11.0 Å². The number of aryl methyl sites for hydroxylation is 1. The molecule has 2 rings (SSSR count). The molecule has 2 heterocycles. The van der Waals surface area contributed by atoms with E-state index in [-0.39, 0.29) is 0 Å². The van der Waals surface area contributed by atoms with Crippen LogP contribution in [0.2, 0.25) is 0 Å². The Labute approximate surface area is 95.7 Å². The maximum atomic E-state index is 4.40. The lowest BCUT2D eigenvalue weighted by atomic mass is 10.3. The van der Waals surface area contributed by atoms with Gasteiger partial charge >= 0.3 is 0 Å². The lowest BCUT2D eigenvalue weighted by Gasteiger charge is -2.05. The molecule has 1 N–H and O–H groups in total. The number of nitrogens with one attached hydrogen (secondary N) is 1. The van der Waals surface area contributed by atoms with Crippen LogP contribution >= 0.6 is 0 Å². The number of hydrogen-bond acceptors (Lipinski definition) is 3. The fourth-order valence-electron chi connectivity index (χ4n) is 1.79. The van der Waals surface area contributed by atoms with E-state index >= 15 is 0 Å². The minimum Gasteiger partial charge on any atom is -0.385 e. The molecule has 0 aliphatic carbocycles. The van der Waals surface area contributed by atoms with Gasteiger partial charge in [0.2, 0.25) is 0 Å². The predicted octanol–water partition coefficient (Wildman–Crippen LogP) is 2.66. The van der Waals surface area contributed by atoms with Gasteiger partial charge in [0.1, 0.15) is 0 Å². The van der Waals surface area contributed by atoms with Crippen LogP contribution in [0.5, 0.6) is 0 Å². The molecule has 0 radical (unpaired) electrons. The molecule has 0 saturated heterocycles. The quantitative estimate of drug-likeness (QED) is 0.839. The maximum absolute atomic E-state index is 4.40. The minimum atomic E-state index is 0.916. The van der Waals surface area contributed by atoms with Gasteiger partial charge in [-0.15, -0.1) is 0 Å². The second-order valence-corrected chi connectivity index (χ2v) is 3.85. The van der Waals surface area contributed by atoms with Gasteiger partial charge in [-0.05, 0) is 19.4 Å². The van der Waals surface area contributed by atoms with Gasteiger partial charge in [-0.3, -0.25) is 0 Å². The van der Waals surface area contributed by atoms with Crippen molar-refractivity contribution in [3.05, 3.63) is 18.5 Å². The summed E-state index contributed by atoms with van der Waals surface area (Å²) in [5.74, 6) is 0. The van der Waals surface area contributed by atoms with Crippen molar-refractivity contribution in [2.45, 2.75) is 33.2 Å². The average molecular weight is 218 g/mol. The van der Waals surface area contributed by atoms with Crippen molar-refractivity contribution in [1.82, 2.24) is 14.8 Å². The summed E-state index contributed by atoms with van der Waals surface area (Å²) in [7, 11) is 0. The van der Waals surface area contributed by atoms with Crippen LogP contribution in [0.3, 0.4) is 0 Å². The Morgan fingerprint density at radius 1 is 1.38 bits per heavy atom. The molecular weight excluding hydrogens is 200 g/mol. The fraction of sp³-hybridized carbons (Fsp3) is 0.500. The summed E-state index contributed by atoms with van der Waals surface area (Å²) in [5, 5.41) is 8.83. The first-order valence-corrected chi connectivity index (χ1v) is 5.91. The standard InChI is InChI=1S/C12H18N4/c1-3-5-8-16-12-10(9-15-16)11(13-4-2)6-7-14-12/h6-7,9H,3-5,8H2,1-2H3,(H,13,14). The summed E-state index contributed by atoms with van der Waals surface area (Å²) in [6.45, 7) is 6.14. The van der Waals surface area contributed by atoms with Crippen LogP contribution < -0.4 is 5.32 Å². The zero-order valence-electron chi connectivity index (χ0n) is 9.90. The first-order valence-electron chi connectivity index (χ1n) is 5.91. The molecule has 0 unspecified atom stereocenters. The number of anilines is 1. The van der Waals surface area contributed by atoms with Gasteiger partial charge in [0, 0.05) is 25.0 Å². The molecule has 0 aliphatic heterocycles. The van der Waals surface area contributed by atoms with Crippen LogP contribution in [0.4, 0.5) is 5.69 Å². The van der Waals surface area contributed by atoms with Gasteiger partial charge in [-0.25, -0.2) is 9.67 Å². The second-order valence-electron chi connectivity index (χ2n) is 3.85. The molecule has 86 valence electrons. The highest BCUT2D eigenvalue weighted by Crippen LogP contribution is 2.20. The van der Waals surface area contributed by atoms with E-state index in [4.69, 9.17) is 0 Å². The molecule has 0 amide bonds.